The first-order valence-corrected chi connectivity index (χ1v) is 4.17. The third-order valence-electron chi connectivity index (χ3n) is 2.04. The summed E-state index contributed by atoms with van der Waals surface area (Å²) in [7, 11) is 0. The topological polar surface area (TPSA) is 149 Å². The Hall–Kier alpha value is -2.12. The maximum absolute atomic E-state index is 10.7. The van der Waals surface area contributed by atoms with Crippen LogP contribution in [0.5, 0.6) is 0 Å². The van der Waals surface area contributed by atoms with Gasteiger partial charge in [0.2, 0.25) is 0 Å². The molecule has 0 radical (unpaired) electrons. The summed E-state index contributed by atoms with van der Waals surface area (Å²) in [5.74, 6) is -7.30. The van der Waals surface area contributed by atoms with Crippen LogP contribution < -0.4 is 0 Å². The van der Waals surface area contributed by atoms with Crippen molar-refractivity contribution in [3.8, 4) is 0 Å². The second kappa shape index (κ2) is 5.10. The Bertz CT molecular complexity index is 295. The summed E-state index contributed by atoms with van der Waals surface area (Å²) in [6, 6.07) is 0. The van der Waals surface area contributed by atoms with Gasteiger partial charge in [0.15, 0.2) is 0 Å². The molecule has 0 aromatic carbocycles. The summed E-state index contributed by atoms with van der Waals surface area (Å²) in [5.41, 5.74) is -2.98. The van der Waals surface area contributed by atoms with Crippen molar-refractivity contribution in [1.82, 2.24) is 0 Å². The quantitative estimate of drug-likeness (QED) is 0.430. The summed E-state index contributed by atoms with van der Waals surface area (Å²) in [5, 5.41) is 34.1. The van der Waals surface area contributed by atoms with Crippen LogP contribution in [0.3, 0.4) is 0 Å². The van der Waals surface area contributed by atoms with E-state index < -0.39 is 42.1 Å². The van der Waals surface area contributed by atoms with Gasteiger partial charge in [0.05, 0.1) is 0 Å². The maximum Gasteiger partial charge on any atom is 0.332 e. The first-order valence-electron chi connectivity index (χ1n) is 4.17. The molecule has 0 aliphatic carbocycles. The normalized spacial score (nSPS) is 10.8. The summed E-state index contributed by atoms with van der Waals surface area (Å²) in [4.78, 5) is 42.2. The Kier molecular flexibility index (Phi) is 4.42. The first-order chi connectivity index (χ1) is 7.25. The predicted molar refractivity (Wildman–Crippen MR) is 46.8 cm³/mol. The molecule has 16 heavy (non-hydrogen) atoms. The largest absolute Gasteiger partial charge is 0.481 e. The van der Waals surface area contributed by atoms with Crippen LogP contribution in [-0.2, 0) is 19.2 Å². The number of hydrogen-bond acceptors (Lipinski definition) is 4. The number of aliphatic carboxylic acids is 4. The van der Waals surface area contributed by atoms with E-state index in [-0.39, 0.29) is 6.42 Å². The molecule has 0 saturated carbocycles. The van der Waals surface area contributed by atoms with Crippen molar-refractivity contribution in [2.75, 3.05) is 0 Å². The Morgan fingerprint density at radius 3 is 1.44 bits per heavy atom. The average Bonchev–Trinajstić information content (AvgIpc) is 2.09. The molecule has 0 heterocycles. The Labute approximate surface area is 89.1 Å². The molecule has 0 saturated heterocycles. The van der Waals surface area contributed by atoms with E-state index in [2.05, 4.69) is 0 Å². The molecule has 0 fully saturated rings. The smallest absolute Gasteiger partial charge is 0.332 e. The van der Waals surface area contributed by atoms with Crippen LogP contribution in [0.25, 0.3) is 0 Å². The SMILES string of the molecule is O=C(O)CCCC(C(=O)O)(C(=O)O)C(=O)O. The zero-order valence-electron chi connectivity index (χ0n) is 8.04. The fraction of sp³-hybridized carbons (Fsp3) is 0.500. The van der Waals surface area contributed by atoms with Gasteiger partial charge >= 0.3 is 23.9 Å². The molecule has 0 atom stereocenters. The van der Waals surface area contributed by atoms with E-state index in [0.717, 1.165) is 0 Å². The van der Waals surface area contributed by atoms with Crippen LogP contribution in [0.2, 0.25) is 0 Å². The number of carbonyl (C=O) groups is 4. The van der Waals surface area contributed by atoms with E-state index >= 15 is 0 Å². The standard InChI is InChI=1S/C8H10O8/c9-4(10)2-1-3-8(5(11)12,6(13)14)7(15)16/h1-3H2,(H,9,10)(H,11,12)(H,13,14)(H,15,16). The van der Waals surface area contributed by atoms with E-state index in [1.165, 1.54) is 0 Å². The molecular formula is C8H10O8. The van der Waals surface area contributed by atoms with Gasteiger partial charge in [0.25, 0.3) is 5.41 Å². The van der Waals surface area contributed by atoms with E-state index in [9.17, 15) is 19.2 Å². The Morgan fingerprint density at radius 2 is 1.19 bits per heavy atom. The fourth-order valence-electron chi connectivity index (χ4n) is 1.10. The van der Waals surface area contributed by atoms with E-state index in [0.29, 0.717) is 0 Å². The molecule has 0 bridgehead atoms. The number of carboxylic acids is 4. The minimum Gasteiger partial charge on any atom is -0.481 e. The van der Waals surface area contributed by atoms with Gasteiger partial charge in [-0.2, -0.15) is 0 Å². The van der Waals surface area contributed by atoms with Crippen molar-refractivity contribution in [2.24, 2.45) is 5.41 Å². The lowest BCUT2D eigenvalue weighted by molar-refractivity contribution is -0.176. The van der Waals surface area contributed by atoms with E-state index in [4.69, 9.17) is 20.4 Å². The van der Waals surface area contributed by atoms with Gasteiger partial charge in [0, 0.05) is 6.42 Å². The van der Waals surface area contributed by atoms with Crippen LogP contribution in [-0.4, -0.2) is 44.3 Å². The van der Waals surface area contributed by atoms with Gasteiger partial charge in [-0.3, -0.25) is 19.2 Å². The monoisotopic (exact) mass is 234 g/mol. The highest BCUT2D eigenvalue weighted by molar-refractivity contribution is 6.16. The zero-order chi connectivity index (χ0) is 12.9. The molecule has 8 nitrogen and oxygen atoms in total. The average molecular weight is 234 g/mol. The predicted octanol–water partition coefficient (Wildman–Crippen LogP) is -0.518. The first kappa shape index (κ1) is 13.9. The van der Waals surface area contributed by atoms with Crippen molar-refractivity contribution in [3.05, 3.63) is 0 Å². The fourth-order valence-corrected chi connectivity index (χ4v) is 1.10. The minimum atomic E-state index is -2.98. The van der Waals surface area contributed by atoms with Crippen molar-refractivity contribution in [1.29, 1.82) is 0 Å². The van der Waals surface area contributed by atoms with Crippen LogP contribution in [0.1, 0.15) is 19.3 Å². The van der Waals surface area contributed by atoms with Crippen LogP contribution >= 0.6 is 0 Å². The Morgan fingerprint density at radius 1 is 0.812 bits per heavy atom. The molecule has 90 valence electrons. The van der Waals surface area contributed by atoms with E-state index in [1.807, 2.05) is 0 Å². The molecule has 0 aliphatic heterocycles. The van der Waals surface area contributed by atoms with Crippen molar-refractivity contribution >= 4 is 23.9 Å². The lowest BCUT2D eigenvalue weighted by Crippen LogP contribution is -2.46. The second-order valence-electron chi connectivity index (χ2n) is 3.07. The maximum atomic E-state index is 10.7. The molecule has 4 N–H and O–H groups in total. The molecular weight excluding hydrogens is 224 g/mol. The molecule has 0 spiro atoms. The van der Waals surface area contributed by atoms with Crippen molar-refractivity contribution in [3.63, 3.8) is 0 Å². The molecule has 0 rings (SSSR count). The molecule has 8 heteroatoms. The molecule has 0 aromatic rings. The molecule has 0 amide bonds. The number of rotatable bonds is 7. The third kappa shape index (κ3) is 2.69. The molecule has 0 unspecified atom stereocenters. The summed E-state index contributed by atoms with van der Waals surface area (Å²) in [6.45, 7) is 0. The van der Waals surface area contributed by atoms with Gasteiger partial charge in [-0.05, 0) is 12.8 Å². The number of hydrogen-bond donors (Lipinski definition) is 4. The van der Waals surface area contributed by atoms with Gasteiger partial charge < -0.3 is 20.4 Å². The van der Waals surface area contributed by atoms with Gasteiger partial charge in [-0.25, -0.2) is 0 Å². The highest BCUT2D eigenvalue weighted by atomic mass is 16.4. The van der Waals surface area contributed by atoms with Crippen molar-refractivity contribution < 1.29 is 39.6 Å². The zero-order valence-corrected chi connectivity index (χ0v) is 8.04. The van der Waals surface area contributed by atoms with Gasteiger partial charge in [-0.15, -0.1) is 0 Å². The summed E-state index contributed by atoms with van der Waals surface area (Å²) >= 11 is 0. The van der Waals surface area contributed by atoms with Gasteiger partial charge in [-0.1, -0.05) is 0 Å². The van der Waals surface area contributed by atoms with Crippen LogP contribution in [0.15, 0.2) is 0 Å². The second-order valence-corrected chi connectivity index (χ2v) is 3.07. The van der Waals surface area contributed by atoms with Crippen molar-refractivity contribution in [2.45, 2.75) is 19.3 Å². The highest BCUT2D eigenvalue weighted by Gasteiger charge is 2.53. The van der Waals surface area contributed by atoms with E-state index in [1.54, 1.807) is 0 Å². The van der Waals surface area contributed by atoms with Crippen LogP contribution in [0, 0.1) is 5.41 Å². The Balaban J connectivity index is 4.92. The minimum absolute atomic E-state index is 0.347. The summed E-state index contributed by atoms with van der Waals surface area (Å²) in [6.07, 6.45) is -1.62. The van der Waals surface area contributed by atoms with Gasteiger partial charge in [0.1, 0.15) is 0 Å². The molecule has 0 aliphatic rings. The third-order valence-corrected chi connectivity index (χ3v) is 2.04. The lowest BCUT2D eigenvalue weighted by Gasteiger charge is -2.19. The number of carboxylic acid groups (broad SMARTS) is 4. The van der Waals surface area contributed by atoms with Crippen LogP contribution in [0.4, 0.5) is 0 Å². The summed E-state index contributed by atoms with van der Waals surface area (Å²) < 4.78 is 0. The molecule has 0 aromatic heterocycles. The highest BCUT2D eigenvalue weighted by Crippen LogP contribution is 2.26. The lowest BCUT2D eigenvalue weighted by atomic mass is 9.83.